The Bertz CT molecular complexity index is 772. The summed E-state index contributed by atoms with van der Waals surface area (Å²) in [7, 11) is -1.28. The van der Waals surface area contributed by atoms with Crippen LogP contribution in [0.3, 0.4) is 0 Å². The fraction of sp³-hybridized carbons (Fsp3) is 0.739. The normalized spacial score (nSPS) is 27.0. The summed E-state index contributed by atoms with van der Waals surface area (Å²) in [4.78, 5) is 10.3. The molecule has 2 atom stereocenters. The molecule has 1 unspecified atom stereocenters. The fourth-order valence-corrected chi connectivity index (χ4v) is 5.16. The van der Waals surface area contributed by atoms with Gasteiger partial charge in [0, 0.05) is 44.7 Å². The Kier molecular flexibility index (Phi) is 8.04. The van der Waals surface area contributed by atoms with Gasteiger partial charge in [0.1, 0.15) is 12.6 Å². The Morgan fingerprint density at radius 2 is 1.84 bits per heavy atom. The van der Waals surface area contributed by atoms with E-state index < -0.39 is 26.3 Å². The van der Waals surface area contributed by atoms with Crippen molar-refractivity contribution in [3.8, 4) is 0 Å². The zero-order chi connectivity index (χ0) is 23.5. The minimum Gasteiger partial charge on any atom is -0.396 e. The molecule has 32 heavy (non-hydrogen) atoms. The van der Waals surface area contributed by atoms with Crippen LogP contribution < -0.4 is 0 Å². The molecule has 1 fully saturated rings. The van der Waals surface area contributed by atoms with Crippen molar-refractivity contribution >= 4 is 13.9 Å². The van der Waals surface area contributed by atoms with E-state index in [4.69, 9.17) is 4.74 Å². The number of halogens is 3. The molecule has 1 aromatic rings. The summed E-state index contributed by atoms with van der Waals surface area (Å²) < 4.78 is 46.5. The van der Waals surface area contributed by atoms with Gasteiger partial charge in [-0.3, -0.25) is 9.98 Å². The number of hydrogen-bond acceptors (Lipinski definition) is 5. The van der Waals surface area contributed by atoms with E-state index in [9.17, 15) is 18.3 Å². The molecule has 1 aliphatic heterocycles. The lowest BCUT2D eigenvalue weighted by atomic mass is 9.80. The van der Waals surface area contributed by atoms with Gasteiger partial charge in [-0.1, -0.05) is 19.6 Å². The average molecular weight is 472 g/mol. The summed E-state index contributed by atoms with van der Waals surface area (Å²) in [5.41, 5.74) is 1.55. The number of amidine groups is 1. The first-order valence-corrected chi connectivity index (χ1v) is 15.3. The summed E-state index contributed by atoms with van der Waals surface area (Å²) in [5, 5.41) is 9.33. The van der Waals surface area contributed by atoms with Crippen molar-refractivity contribution in [2.24, 2.45) is 10.9 Å². The van der Waals surface area contributed by atoms with E-state index in [0.717, 1.165) is 37.4 Å². The van der Waals surface area contributed by atoms with E-state index in [1.807, 2.05) is 12.1 Å². The van der Waals surface area contributed by atoms with Crippen molar-refractivity contribution in [3.63, 3.8) is 0 Å². The summed E-state index contributed by atoms with van der Waals surface area (Å²) in [5.74, 6) is 1.00. The topological polar surface area (TPSA) is 58.0 Å². The molecule has 1 aromatic heterocycles. The van der Waals surface area contributed by atoms with Crippen LogP contribution in [0.1, 0.15) is 49.8 Å². The molecule has 1 aliphatic carbocycles. The van der Waals surface area contributed by atoms with E-state index in [1.54, 1.807) is 18.0 Å². The van der Waals surface area contributed by atoms with Crippen molar-refractivity contribution in [2.75, 3.05) is 19.9 Å². The molecule has 0 spiro atoms. The Balaban J connectivity index is 1.73. The van der Waals surface area contributed by atoms with Gasteiger partial charge in [-0.15, -0.1) is 0 Å². The van der Waals surface area contributed by atoms with Crippen LogP contribution in [0.4, 0.5) is 13.2 Å². The average Bonchev–Trinajstić information content (AvgIpc) is 3.07. The maximum absolute atomic E-state index is 13.6. The standard InChI is InChI=1S/C23H36F3N3O2Si/c1-16-21(23(24,25)26)28-22(29(16)15-31-11-12-32(2,3)4)19-9-10-20(27-13-19)18-7-5-17(14-30)6-8-18/h9-10,13,16-18,21,30H,5-8,11-12,14-15H2,1-4H3/t16?,17-,18-,21-/m1/s1. The Labute approximate surface area is 190 Å². The number of ether oxygens (including phenoxy) is 1. The van der Waals surface area contributed by atoms with Crippen molar-refractivity contribution in [1.82, 2.24) is 9.88 Å². The zero-order valence-electron chi connectivity index (χ0n) is 19.5. The second-order valence-corrected chi connectivity index (χ2v) is 16.0. The molecule has 1 N–H and O–H groups in total. The van der Waals surface area contributed by atoms with Crippen molar-refractivity contribution in [1.29, 1.82) is 0 Å². The monoisotopic (exact) mass is 471 g/mol. The molecule has 0 bridgehead atoms. The van der Waals surface area contributed by atoms with Gasteiger partial charge < -0.3 is 14.7 Å². The van der Waals surface area contributed by atoms with Crippen LogP contribution in [0.25, 0.3) is 0 Å². The van der Waals surface area contributed by atoms with Gasteiger partial charge in [-0.2, -0.15) is 13.2 Å². The van der Waals surface area contributed by atoms with Gasteiger partial charge in [-0.05, 0) is 56.7 Å². The molecular weight excluding hydrogens is 435 g/mol. The number of aliphatic hydroxyl groups is 1. The molecule has 180 valence electrons. The van der Waals surface area contributed by atoms with Crippen molar-refractivity contribution in [3.05, 3.63) is 29.6 Å². The number of pyridine rings is 1. The quantitative estimate of drug-likeness (QED) is 0.426. The van der Waals surface area contributed by atoms with Gasteiger partial charge in [-0.25, -0.2) is 0 Å². The molecule has 0 amide bonds. The summed E-state index contributed by atoms with van der Waals surface area (Å²) in [6.07, 6.45) is 1.14. The maximum atomic E-state index is 13.6. The number of nitrogens with zero attached hydrogens (tertiary/aromatic N) is 3. The van der Waals surface area contributed by atoms with Crippen LogP contribution in [0.15, 0.2) is 23.3 Å². The highest BCUT2D eigenvalue weighted by Gasteiger charge is 2.49. The molecule has 3 rings (SSSR count). The van der Waals surface area contributed by atoms with E-state index in [1.165, 1.54) is 0 Å². The van der Waals surface area contributed by atoms with E-state index in [-0.39, 0.29) is 13.3 Å². The van der Waals surface area contributed by atoms with Crippen LogP contribution in [0.2, 0.25) is 25.7 Å². The highest BCUT2D eigenvalue weighted by Crippen LogP contribution is 2.36. The highest BCUT2D eigenvalue weighted by atomic mass is 28.3. The summed E-state index contributed by atoms with van der Waals surface area (Å²) in [6.45, 7) is 9.13. The number of aromatic nitrogens is 1. The van der Waals surface area contributed by atoms with Gasteiger partial charge in [0.25, 0.3) is 0 Å². The second kappa shape index (κ2) is 10.2. The Morgan fingerprint density at radius 3 is 2.38 bits per heavy atom. The van der Waals surface area contributed by atoms with Gasteiger partial charge in [0.2, 0.25) is 0 Å². The third kappa shape index (κ3) is 6.32. The minimum atomic E-state index is -4.41. The summed E-state index contributed by atoms with van der Waals surface area (Å²) >= 11 is 0. The number of alkyl halides is 3. The van der Waals surface area contributed by atoms with Gasteiger partial charge in [0.15, 0.2) is 6.04 Å². The molecule has 9 heteroatoms. The van der Waals surface area contributed by atoms with Crippen molar-refractivity contribution in [2.45, 2.75) is 82.5 Å². The Hall–Kier alpha value is -1.45. The number of rotatable bonds is 8. The third-order valence-electron chi connectivity index (χ3n) is 6.61. The van der Waals surface area contributed by atoms with Crippen LogP contribution in [-0.2, 0) is 4.74 Å². The zero-order valence-corrected chi connectivity index (χ0v) is 20.5. The van der Waals surface area contributed by atoms with Gasteiger partial charge in [0.05, 0.1) is 6.04 Å². The lowest BCUT2D eigenvalue weighted by Crippen LogP contribution is -2.44. The fourth-order valence-electron chi connectivity index (χ4n) is 4.40. The van der Waals surface area contributed by atoms with Crippen LogP contribution in [-0.4, -0.2) is 67.1 Å². The number of aliphatic imine (C=N–C) groups is 1. The first-order chi connectivity index (χ1) is 15.0. The molecule has 0 aromatic carbocycles. The van der Waals surface area contributed by atoms with Crippen LogP contribution in [0.5, 0.6) is 0 Å². The third-order valence-corrected chi connectivity index (χ3v) is 8.32. The van der Waals surface area contributed by atoms with E-state index >= 15 is 0 Å². The molecule has 2 heterocycles. The van der Waals surface area contributed by atoms with Crippen LogP contribution >= 0.6 is 0 Å². The number of aliphatic hydroxyl groups excluding tert-OH is 1. The molecule has 2 aliphatic rings. The Morgan fingerprint density at radius 1 is 1.16 bits per heavy atom. The predicted octanol–water partition coefficient (Wildman–Crippen LogP) is 5.04. The summed E-state index contributed by atoms with van der Waals surface area (Å²) in [6, 6.07) is 2.10. The molecule has 1 saturated carbocycles. The largest absolute Gasteiger partial charge is 0.412 e. The highest BCUT2D eigenvalue weighted by molar-refractivity contribution is 6.76. The molecule has 0 radical (unpaired) electrons. The first-order valence-electron chi connectivity index (χ1n) is 11.6. The predicted molar refractivity (Wildman–Crippen MR) is 123 cm³/mol. The van der Waals surface area contributed by atoms with E-state index in [0.29, 0.717) is 29.8 Å². The first kappa shape index (κ1) is 25.2. The second-order valence-electron chi connectivity index (χ2n) is 10.4. The van der Waals surface area contributed by atoms with E-state index in [2.05, 4.69) is 29.6 Å². The number of hydrogen-bond donors (Lipinski definition) is 1. The smallest absolute Gasteiger partial charge is 0.396 e. The molecule has 5 nitrogen and oxygen atoms in total. The minimum absolute atomic E-state index is 0.0873. The SMILES string of the molecule is CC1[C@H](C(F)(F)F)N=C(c2ccc([C@H]3CC[C@H](CO)CC3)nc2)N1COCC[Si](C)(C)C. The van der Waals surface area contributed by atoms with Crippen molar-refractivity contribution < 1.29 is 23.0 Å². The van der Waals surface area contributed by atoms with Gasteiger partial charge >= 0.3 is 6.18 Å². The lowest BCUT2D eigenvalue weighted by molar-refractivity contribution is -0.155. The molecular formula is C23H36F3N3O2Si. The lowest BCUT2D eigenvalue weighted by Gasteiger charge is -2.29. The maximum Gasteiger partial charge on any atom is 0.412 e. The molecule has 0 saturated heterocycles. The van der Waals surface area contributed by atoms with Crippen LogP contribution in [0, 0.1) is 5.92 Å².